The average molecular weight is 554 g/mol. The van der Waals surface area contributed by atoms with Crippen molar-refractivity contribution in [3.05, 3.63) is 36.4 Å². The number of sulfonamides is 1. The zero-order valence-corrected chi connectivity index (χ0v) is 20.6. The second-order valence-corrected chi connectivity index (χ2v) is 8.51. The van der Waals surface area contributed by atoms with Crippen LogP contribution in [0.5, 0.6) is 0 Å². The van der Waals surface area contributed by atoms with Crippen molar-refractivity contribution in [1.29, 1.82) is 0 Å². The minimum absolute atomic E-state index is 0.0307. The molecule has 0 aliphatic rings. The van der Waals surface area contributed by atoms with Crippen molar-refractivity contribution in [2.75, 3.05) is 24.7 Å². The first kappa shape index (κ1) is 19.5. The molecule has 6 nitrogen and oxygen atoms in total. The molecule has 0 unspecified atom stereocenters. The molecule has 125 valence electrons. The van der Waals surface area contributed by atoms with Gasteiger partial charge in [0.15, 0.2) is 0 Å². The molecule has 0 aliphatic heterocycles. The Hall–Kier alpha value is -0.835. The van der Waals surface area contributed by atoms with Crippen molar-refractivity contribution in [2.24, 2.45) is 0 Å². The molecule has 24 heavy (non-hydrogen) atoms. The molecule has 1 N–H and O–H groups in total. The van der Waals surface area contributed by atoms with Gasteiger partial charge < -0.3 is 0 Å². The summed E-state index contributed by atoms with van der Waals surface area (Å²) in [4.78, 5) is 13.7. The van der Waals surface area contributed by atoms with Crippen LogP contribution in [0.3, 0.4) is 0 Å². The van der Waals surface area contributed by atoms with Crippen molar-refractivity contribution < 1.29 is 42.4 Å². The molecule has 0 aliphatic carbocycles. The number of nitrogens with one attached hydrogen (secondary N) is 1. The first-order valence-corrected chi connectivity index (χ1v) is 11.5. The summed E-state index contributed by atoms with van der Waals surface area (Å²) >= 11 is 3.83. The Morgan fingerprint density at radius 3 is 2.46 bits per heavy atom. The van der Waals surface area contributed by atoms with E-state index in [1.165, 1.54) is 6.07 Å². The number of anilines is 1. The third kappa shape index (κ3) is 4.04. The number of thiol groups is 1. The third-order valence-corrected chi connectivity index (χ3v) is 6.54. The van der Waals surface area contributed by atoms with Gasteiger partial charge in [0.2, 0.25) is 0 Å². The van der Waals surface area contributed by atoms with Crippen molar-refractivity contribution >= 4 is 45.1 Å². The van der Waals surface area contributed by atoms with Gasteiger partial charge in [0.05, 0.1) is 0 Å². The minimum atomic E-state index is -3.89. The molecule has 9 heteroatoms. The second kappa shape index (κ2) is 8.03. The van der Waals surface area contributed by atoms with Gasteiger partial charge in [-0.2, -0.15) is 0 Å². The van der Waals surface area contributed by atoms with Crippen LogP contribution in [0.4, 0.5) is 5.69 Å². The summed E-state index contributed by atoms with van der Waals surface area (Å²) in [6.07, 6.45) is 0. The van der Waals surface area contributed by atoms with Gasteiger partial charge in [-0.3, -0.25) is 0 Å². The molecular weight excluding hydrogens is 537 g/mol. The molecule has 2 aromatic rings. The van der Waals surface area contributed by atoms with Crippen LogP contribution < -0.4 is 9.62 Å². The molecule has 2 aromatic carbocycles. The molecule has 1 atom stereocenters. The van der Waals surface area contributed by atoms with Gasteiger partial charge >= 0.3 is 164 Å². The van der Waals surface area contributed by atoms with Crippen LogP contribution in [0.1, 0.15) is 0 Å². The topological polar surface area (TPSA) is 75.7 Å². The third-order valence-electron chi connectivity index (χ3n) is 3.54. The molecular formula is C15H17HgN2O4S2. The summed E-state index contributed by atoms with van der Waals surface area (Å²) in [5.74, 6) is -0.561. The Morgan fingerprint density at radius 1 is 1.25 bits per heavy atom. The van der Waals surface area contributed by atoms with E-state index in [1.807, 2.05) is 31.1 Å². The molecule has 0 radical (unpaired) electrons. The number of carbonyl (C=O) groups is 1. The van der Waals surface area contributed by atoms with Crippen molar-refractivity contribution in [3.8, 4) is 0 Å². The van der Waals surface area contributed by atoms with Gasteiger partial charge in [-0.05, 0) is 0 Å². The standard InChI is InChI=1S/C15H18N2O4S2.Hg/c1-17(2)13-7-3-6-11-10(13)5-4-8-14(11)23(20,21)16-12(9-22)15(18)19;/h3-8,12,16,22H,9H2,1-2H3,(H,18,19);/q;+1/p-1/t12-;/m0./s1. The predicted molar refractivity (Wildman–Crippen MR) is 92.3 cm³/mol. The van der Waals surface area contributed by atoms with Crippen molar-refractivity contribution in [2.45, 2.75) is 10.9 Å². The van der Waals surface area contributed by atoms with Gasteiger partial charge in [0, 0.05) is 0 Å². The van der Waals surface area contributed by atoms with E-state index in [-0.39, 0.29) is 37.2 Å². The Balaban J connectivity index is 2.55. The first-order chi connectivity index (χ1) is 11.3. The van der Waals surface area contributed by atoms with E-state index in [9.17, 15) is 13.2 Å². The fourth-order valence-electron chi connectivity index (χ4n) is 2.40. The number of nitrogens with zero attached hydrogens (tertiary/aromatic N) is 1. The second-order valence-electron chi connectivity index (χ2n) is 5.34. The van der Waals surface area contributed by atoms with Crippen LogP contribution >= 0.6 is 12.6 Å². The van der Waals surface area contributed by atoms with E-state index in [2.05, 4.69) is 17.4 Å². The quantitative estimate of drug-likeness (QED) is 0.419. The fraction of sp³-hybridized carbons (Fsp3) is 0.267. The SMILES string of the molecule is CN(C)c1cccc2c(S(=O)(=O)N[C@@H](CS)C(=O)[O][Hg])cccc12. The first-order valence-electron chi connectivity index (χ1n) is 7.10. The Kier molecular flexibility index (Phi) is 6.52. The summed E-state index contributed by atoms with van der Waals surface area (Å²) in [5, 5.41) is 1.42. The zero-order chi connectivity index (χ0) is 17.9. The van der Waals surface area contributed by atoms with Crippen molar-refractivity contribution in [1.82, 2.24) is 4.72 Å². The predicted octanol–water partition coefficient (Wildman–Crippen LogP) is 1.49. The van der Waals surface area contributed by atoms with Crippen LogP contribution in [-0.2, 0) is 44.0 Å². The summed E-state index contributed by atoms with van der Waals surface area (Å²) in [7, 11) is -0.0991. The molecule has 0 fully saturated rings. The van der Waals surface area contributed by atoms with Crippen LogP contribution in [0.15, 0.2) is 41.3 Å². The molecule has 0 saturated heterocycles. The molecule has 0 bridgehead atoms. The monoisotopic (exact) mass is 555 g/mol. The summed E-state index contributed by atoms with van der Waals surface area (Å²) < 4.78 is 32.7. The number of benzene rings is 2. The normalized spacial score (nSPS) is 12.9. The van der Waals surface area contributed by atoms with Crippen LogP contribution in [0, 0.1) is 0 Å². The summed E-state index contributed by atoms with van der Waals surface area (Å²) in [5.41, 5.74) is 0.914. The van der Waals surface area contributed by atoms with E-state index < -0.39 is 22.0 Å². The molecule has 0 amide bonds. The van der Waals surface area contributed by atoms with E-state index >= 15 is 0 Å². The molecule has 0 saturated carbocycles. The fourth-order valence-corrected chi connectivity index (χ4v) is 4.95. The van der Waals surface area contributed by atoms with Crippen LogP contribution in [0.2, 0.25) is 0 Å². The number of rotatable bonds is 6. The summed E-state index contributed by atoms with van der Waals surface area (Å²) in [6, 6.07) is 9.56. The average Bonchev–Trinajstić information content (AvgIpc) is 2.57. The van der Waals surface area contributed by atoms with E-state index in [4.69, 9.17) is 2.64 Å². The van der Waals surface area contributed by atoms with Gasteiger partial charge in [0.25, 0.3) is 0 Å². The van der Waals surface area contributed by atoms with Crippen LogP contribution in [-0.4, -0.2) is 40.3 Å². The Labute approximate surface area is 163 Å². The zero-order valence-electron chi connectivity index (χ0n) is 13.4. The Bertz CT molecular complexity index is 856. The number of fused-ring (bicyclic) bond motifs is 1. The van der Waals surface area contributed by atoms with Crippen LogP contribution in [0.25, 0.3) is 10.8 Å². The van der Waals surface area contributed by atoms with E-state index in [0.29, 0.717) is 5.39 Å². The summed E-state index contributed by atoms with van der Waals surface area (Å²) in [6.45, 7) is 0. The van der Waals surface area contributed by atoms with E-state index in [0.717, 1.165) is 11.1 Å². The maximum atomic E-state index is 12.8. The van der Waals surface area contributed by atoms with Gasteiger partial charge in [-0.1, -0.05) is 0 Å². The van der Waals surface area contributed by atoms with Gasteiger partial charge in [-0.25, -0.2) is 0 Å². The number of hydrogen-bond donors (Lipinski definition) is 2. The molecule has 0 spiro atoms. The molecule has 0 aromatic heterocycles. The maximum absolute atomic E-state index is 12.8. The van der Waals surface area contributed by atoms with Gasteiger partial charge in [-0.15, -0.1) is 0 Å². The molecule has 2 rings (SSSR count). The Morgan fingerprint density at radius 2 is 1.88 bits per heavy atom. The van der Waals surface area contributed by atoms with Crippen molar-refractivity contribution in [3.63, 3.8) is 0 Å². The van der Waals surface area contributed by atoms with E-state index in [1.54, 1.807) is 18.2 Å². The molecule has 0 heterocycles. The van der Waals surface area contributed by atoms with Gasteiger partial charge in [0.1, 0.15) is 0 Å². The number of carbonyl (C=O) groups excluding carboxylic acids is 1. The number of hydrogen-bond acceptors (Lipinski definition) is 6.